The lowest BCUT2D eigenvalue weighted by Crippen LogP contribution is -2.43. The van der Waals surface area contributed by atoms with Crippen molar-refractivity contribution in [2.75, 3.05) is 0 Å². The van der Waals surface area contributed by atoms with Gasteiger partial charge in [0, 0.05) is 0 Å². The number of guanidine groups is 1. The van der Waals surface area contributed by atoms with Crippen LogP contribution in [0.4, 0.5) is 0 Å². The number of halogens is 1. The summed E-state index contributed by atoms with van der Waals surface area (Å²) >= 11 is 0. The van der Waals surface area contributed by atoms with Gasteiger partial charge in [-0.25, -0.2) is 4.99 Å². The van der Waals surface area contributed by atoms with E-state index in [1.807, 2.05) is 0 Å². The van der Waals surface area contributed by atoms with Crippen molar-refractivity contribution >= 4 is 29.9 Å². The lowest BCUT2D eigenvalue weighted by atomic mass is 9.63. The van der Waals surface area contributed by atoms with Crippen molar-refractivity contribution in [3.63, 3.8) is 0 Å². The molecule has 13 heavy (non-hydrogen) atoms. The summed E-state index contributed by atoms with van der Waals surface area (Å²) in [7, 11) is 0. The van der Waals surface area contributed by atoms with Gasteiger partial charge < -0.3 is 11.5 Å². The maximum absolute atomic E-state index is 5.38. The standard InChI is InChI=1S/C9H17N3.HI/c10-8(11)12-7-3-6-9(7)4-1-2-5-9;/h7H,1-6H2,(H4,10,11,12);1H. The Morgan fingerprint density at radius 3 is 2.15 bits per heavy atom. The van der Waals surface area contributed by atoms with Gasteiger partial charge in [-0.2, -0.15) is 0 Å². The molecule has 0 heterocycles. The number of hydrogen-bond donors (Lipinski definition) is 2. The third-order valence-corrected chi connectivity index (χ3v) is 3.53. The van der Waals surface area contributed by atoms with E-state index >= 15 is 0 Å². The van der Waals surface area contributed by atoms with E-state index < -0.39 is 0 Å². The fraction of sp³-hybridized carbons (Fsp3) is 0.889. The lowest BCUT2D eigenvalue weighted by molar-refractivity contribution is 0.104. The van der Waals surface area contributed by atoms with E-state index in [1.54, 1.807) is 0 Å². The number of hydrogen-bond acceptors (Lipinski definition) is 1. The summed E-state index contributed by atoms with van der Waals surface area (Å²) in [5.74, 6) is 0.269. The molecule has 1 atom stereocenters. The second kappa shape index (κ2) is 4.02. The van der Waals surface area contributed by atoms with Gasteiger partial charge in [0.25, 0.3) is 0 Å². The van der Waals surface area contributed by atoms with Crippen LogP contribution >= 0.6 is 24.0 Å². The zero-order chi connectivity index (χ0) is 8.60. The van der Waals surface area contributed by atoms with Gasteiger partial charge in [0.15, 0.2) is 5.96 Å². The van der Waals surface area contributed by atoms with Crippen LogP contribution in [0.3, 0.4) is 0 Å². The zero-order valence-corrected chi connectivity index (χ0v) is 10.2. The molecule has 4 heteroatoms. The van der Waals surface area contributed by atoms with Crippen molar-refractivity contribution in [2.24, 2.45) is 21.9 Å². The molecule has 0 aromatic heterocycles. The molecule has 0 bridgehead atoms. The minimum absolute atomic E-state index is 0. The van der Waals surface area contributed by atoms with Crippen molar-refractivity contribution in [3.05, 3.63) is 0 Å². The summed E-state index contributed by atoms with van der Waals surface area (Å²) < 4.78 is 0. The number of aliphatic imine (C=N–C) groups is 1. The SMILES string of the molecule is I.NC(N)=NC1CCC12CCCC2. The predicted octanol–water partition coefficient (Wildman–Crippen LogP) is 1.60. The summed E-state index contributed by atoms with van der Waals surface area (Å²) in [4.78, 5) is 4.29. The molecular formula is C9H18IN3. The maximum atomic E-state index is 5.38. The van der Waals surface area contributed by atoms with Crippen LogP contribution in [0.15, 0.2) is 4.99 Å². The van der Waals surface area contributed by atoms with Gasteiger partial charge in [-0.3, -0.25) is 0 Å². The smallest absolute Gasteiger partial charge is 0.186 e. The molecule has 3 nitrogen and oxygen atoms in total. The first-order chi connectivity index (χ1) is 5.73. The molecule has 4 N–H and O–H groups in total. The third kappa shape index (κ3) is 1.92. The van der Waals surface area contributed by atoms with Gasteiger partial charge in [0.1, 0.15) is 0 Å². The van der Waals surface area contributed by atoms with Crippen LogP contribution in [-0.4, -0.2) is 12.0 Å². The Labute approximate surface area is 96.4 Å². The van der Waals surface area contributed by atoms with Crippen LogP contribution in [0.25, 0.3) is 0 Å². The van der Waals surface area contributed by atoms with Crippen molar-refractivity contribution < 1.29 is 0 Å². The number of nitrogens with two attached hydrogens (primary N) is 2. The number of rotatable bonds is 1. The van der Waals surface area contributed by atoms with Gasteiger partial charge in [0.2, 0.25) is 0 Å². The van der Waals surface area contributed by atoms with Crippen LogP contribution in [0.5, 0.6) is 0 Å². The van der Waals surface area contributed by atoms with E-state index in [0.717, 1.165) is 0 Å². The highest BCUT2D eigenvalue weighted by molar-refractivity contribution is 14.0. The van der Waals surface area contributed by atoms with Crippen LogP contribution < -0.4 is 11.5 Å². The van der Waals surface area contributed by atoms with Crippen molar-refractivity contribution in [3.8, 4) is 0 Å². The molecule has 2 saturated carbocycles. The molecule has 2 fully saturated rings. The highest BCUT2D eigenvalue weighted by atomic mass is 127. The minimum Gasteiger partial charge on any atom is -0.370 e. The molecular weight excluding hydrogens is 277 g/mol. The zero-order valence-electron chi connectivity index (χ0n) is 7.83. The van der Waals surface area contributed by atoms with E-state index in [-0.39, 0.29) is 29.9 Å². The average Bonchev–Trinajstić information content (AvgIpc) is 2.48. The summed E-state index contributed by atoms with van der Waals surface area (Å²) in [6.45, 7) is 0. The molecule has 76 valence electrons. The Hall–Kier alpha value is 0. The maximum Gasteiger partial charge on any atom is 0.186 e. The Bertz CT molecular complexity index is 205. The van der Waals surface area contributed by atoms with E-state index in [9.17, 15) is 0 Å². The summed E-state index contributed by atoms with van der Waals surface area (Å²) in [6.07, 6.45) is 7.96. The van der Waals surface area contributed by atoms with Gasteiger partial charge in [-0.05, 0) is 31.1 Å². The molecule has 1 spiro atoms. The lowest BCUT2D eigenvalue weighted by Gasteiger charge is -2.44. The second-order valence-corrected chi connectivity index (χ2v) is 4.18. The first kappa shape index (κ1) is 11.1. The minimum atomic E-state index is 0. The van der Waals surface area contributed by atoms with E-state index in [0.29, 0.717) is 11.5 Å². The quantitative estimate of drug-likeness (QED) is 0.438. The Balaban J connectivity index is 0.000000845. The van der Waals surface area contributed by atoms with Gasteiger partial charge >= 0.3 is 0 Å². The molecule has 0 radical (unpaired) electrons. The largest absolute Gasteiger partial charge is 0.370 e. The van der Waals surface area contributed by atoms with Gasteiger partial charge in [0.05, 0.1) is 6.04 Å². The fourth-order valence-electron chi connectivity index (χ4n) is 2.73. The molecule has 0 aliphatic heterocycles. The molecule has 2 rings (SSSR count). The second-order valence-electron chi connectivity index (χ2n) is 4.18. The Kier molecular flexibility index (Phi) is 3.43. The first-order valence-electron chi connectivity index (χ1n) is 4.82. The summed E-state index contributed by atoms with van der Waals surface area (Å²) in [5, 5.41) is 0. The Morgan fingerprint density at radius 1 is 1.15 bits per heavy atom. The number of nitrogens with zero attached hydrogens (tertiary/aromatic N) is 1. The molecule has 2 aliphatic carbocycles. The van der Waals surface area contributed by atoms with Crippen LogP contribution in [0, 0.1) is 5.41 Å². The van der Waals surface area contributed by atoms with E-state index in [1.165, 1.54) is 38.5 Å². The fourth-order valence-corrected chi connectivity index (χ4v) is 2.73. The molecule has 0 saturated heterocycles. The van der Waals surface area contributed by atoms with Gasteiger partial charge in [-0.1, -0.05) is 12.8 Å². The van der Waals surface area contributed by atoms with E-state index in [2.05, 4.69) is 4.99 Å². The molecule has 0 aromatic carbocycles. The highest BCUT2D eigenvalue weighted by Crippen LogP contribution is 2.54. The van der Waals surface area contributed by atoms with Crippen LogP contribution in [-0.2, 0) is 0 Å². The summed E-state index contributed by atoms with van der Waals surface area (Å²) in [6, 6.07) is 0.449. The van der Waals surface area contributed by atoms with Gasteiger partial charge in [-0.15, -0.1) is 24.0 Å². The molecule has 1 unspecified atom stereocenters. The molecule has 0 amide bonds. The first-order valence-corrected chi connectivity index (χ1v) is 4.82. The van der Waals surface area contributed by atoms with Crippen molar-refractivity contribution in [1.82, 2.24) is 0 Å². The third-order valence-electron chi connectivity index (χ3n) is 3.53. The monoisotopic (exact) mass is 295 g/mol. The topological polar surface area (TPSA) is 64.4 Å². The summed E-state index contributed by atoms with van der Waals surface area (Å²) in [5.41, 5.74) is 11.3. The molecule has 2 aliphatic rings. The average molecular weight is 295 g/mol. The highest BCUT2D eigenvalue weighted by Gasteiger charge is 2.48. The predicted molar refractivity (Wildman–Crippen MR) is 65.1 cm³/mol. The normalized spacial score (nSPS) is 29.1. The molecule has 0 aromatic rings. The van der Waals surface area contributed by atoms with Crippen LogP contribution in [0.1, 0.15) is 38.5 Å². The Morgan fingerprint density at radius 2 is 1.77 bits per heavy atom. The van der Waals surface area contributed by atoms with Crippen LogP contribution in [0.2, 0.25) is 0 Å². The van der Waals surface area contributed by atoms with Crippen molar-refractivity contribution in [2.45, 2.75) is 44.6 Å². The van der Waals surface area contributed by atoms with Crippen molar-refractivity contribution in [1.29, 1.82) is 0 Å². The van der Waals surface area contributed by atoms with E-state index in [4.69, 9.17) is 11.5 Å².